The van der Waals surface area contributed by atoms with Gasteiger partial charge in [-0.25, -0.2) is 4.79 Å². The van der Waals surface area contributed by atoms with E-state index in [1.165, 1.54) is 12.1 Å². The first kappa shape index (κ1) is 10.2. The van der Waals surface area contributed by atoms with Crippen molar-refractivity contribution in [3.8, 4) is 5.75 Å². The molecule has 80 valence electrons. The van der Waals surface area contributed by atoms with E-state index in [0.29, 0.717) is 15.8 Å². The maximum absolute atomic E-state index is 10.9. The van der Waals surface area contributed by atoms with Crippen molar-refractivity contribution in [2.45, 2.75) is 6.04 Å². The van der Waals surface area contributed by atoms with Gasteiger partial charge in [0.2, 0.25) is 0 Å². The molecule has 0 spiro atoms. The molecule has 0 saturated carbocycles. The van der Waals surface area contributed by atoms with Gasteiger partial charge in [-0.3, -0.25) is 0 Å². The molecule has 0 aliphatic carbocycles. The molecular weight excluding hydrogens is 218 g/mol. The van der Waals surface area contributed by atoms with Gasteiger partial charge in [0, 0.05) is 11.6 Å². The van der Waals surface area contributed by atoms with E-state index >= 15 is 0 Å². The Morgan fingerprint density at radius 1 is 1.53 bits per heavy atom. The lowest BCUT2D eigenvalue weighted by atomic mass is 10.1. The van der Waals surface area contributed by atoms with Crippen molar-refractivity contribution in [2.24, 2.45) is 5.73 Å². The number of aromatic hydroxyl groups is 1. The summed E-state index contributed by atoms with van der Waals surface area (Å²) in [7, 11) is 0. The van der Waals surface area contributed by atoms with Crippen LogP contribution in [-0.2, 0) is 0 Å². The van der Waals surface area contributed by atoms with E-state index in [-0.39, 0.29) is 12.4 Å². The Labute approximate surface area is 88.4 Å². The van der Waals surface area contributed by atoms with Crippen molar-refractivity contribution >= 4 is 21.6 Å². The molecule has 4 N–H and O–H groups in total. The minimum atomic E-state index is -0.681. The second-order valence-corrected chi connectivity index (χ2v) is 4.08. The van der Waals surface area contributed by atoms with E-state index in [1.54, 1.807) is 0 Å². The highest BCUT2D eigenvalue weighted by Crippen LogP contribution is 2.29. The van der Waals surface area contributed by atoms with Crippen LogP contribution in [0.1, 0.15) is 11.6 Å². The first-order chi connectivity index (χ1) is 7.11. The molecule has 0 saturated heterocycles. The van der Waals surface area contributed by atoms with Crippen molar-refractivity contribution in [3.05, 3.63) is 27.4 Å². The molecule has 0 fully saturated rings. The second kappa shape index (κ2) is 3.65. The third kappa shape index (κ3) is 1.74. The van der Waals surface area contributed by atoms with Crippen LogP contribution in [0.5, 0.6) is 5.75 Å². The summed E-state index contributed by atoms with van der Waals surface area (Å²) in [5.74, 6) is -0.0406. The summed E-state index contributed by atoms with van der Waals surface area (Å²) in [6, 6.07) is 2.21. The third-order valence-electron chi connectivity index (χ3n) is 2.08. The van der Waals surface area contributed by atoms with E-state index in [2.05, 4.69) is 0 Å². The molecule has 1 unspecified atom stereocenters. The number of hydrogen-bond donors (Lipinski definition) is 3. The number of aliphatic hydroxyl groups is 1. The zero-order valence-corrected chi connectivity index (χ0v) is 8.45. The lowest BCUT2D eigenvalue weighted by Gasteiger charge is -2.09. The van der Waals surface area contributed by atoms with E-state index in [9.17, 15) is 9.90 Å². The van der Waals surface area contributed by atoms with Crippen LogP contribution in [0.4, 0.5) is 0 Å². The summed E-state index contributed by atoms with van der Waals surface area (Å²) >= 11 is 0.909. The average Bonchev–Trinajstić information content (AvgIpc) is 2.55. The standard InChI is InChI=1S/C9H9NO4S/c10-5(3-11)4-1-7-8(2-6(4)12)15-9(13)14-7/h1-2,5,11-12H,3,10H2. The Kier molecular flexibility index (Phi) is 2.47. The normalized spacial score (nSPS) is 13.2. The van der Waals surface area contributed by atoms with Crippen molar-refractivity contribution in [1.29, 1.82) is 0 Å². The Bertz CT molecular complexity index is 545. The number of fused-ring (bicyclic) bond motifs is 1. The highest BCUT2D eigenvalue weighted by molar-refractivity contribution is 7.16. The lowest BCUT2D eigenvalue weighted by molar-refractivity contribution is 0.265. The van der Waals surface area contributed by atoms with Gasteiger partial charge in [-0.1, -0.05) is 11.3 Å². The predicted molar refractivity (Wildman–Crippen MR) is 56.0 cm³/mol. The number of phenolic OH excluding ortho intramolecular Hbond substituents is 1. The number of benzene rings is 1. The minimum absolute atomic E-state index is 0.0406. The molecule has 0 aliphatic heterocycles. The van der Waals surface area contributed by atoms with E-state index in [4.69, 9.17) is 15.3 Å². The van der Waals surface area contributed by atoms with Crippen LogP contribution in [-0.4, -0.2) is 16.8 Å². The van der Waals surface area contributed by atoms with Crippen molar-refractivity contribution in [3.63, 3.8) is 0 Å². The number of aliphatic hydroxyl groups excluding tert-OH is 1. The van der Waals surface area contributed by atoms with Gasteiger partial charge in [-0.2, -0.15) is 0 Å². The van der Waals surface area contributed by atoms with Crippen LogP contribution >= 0.6 is 11.3 Å². The predicted octanol–water partition coefficient (Wildman–Crippen LogP) is 0.552. The van der Waals surface area contributed by atoms with Gasteiger partial charge in [0.25, 0.3) is 0 Å². The van der Waals surface area contributed by atoms with Crippen LogP contribution in [0.15, 0.2) is 21.3 Å². The lowest BCUT2D eigenvalue weighted by Crippen LogP contribution is -2.14. The molecule has 0 amide bonds. The molecule has 5 nitrogen and oxygen atoms in total. The first-order valence-corrected chi connectivity index (χ1v) is 5.06. The fraction of sp³-hybridized carbons (Fsp3) is 0.222. The summed E-state index contributed by atoms with van der Waals surface area (Å²) in [5, 5.41) is 18.5. The SMILES string of the molecule is NC(CO)c1cc2oc(=O)sc2cc1O. The largest absolute Gasteiger partial charge is 0.508 e. The molecule has 6 heteroatoms. The molecule has 2 aromatic rings. The monoisotopic (exact) mass is 227 g/mol. The van der Waals surface area contributed by atoms with E-state index in [1.807, 2.05) is 0 Å². The van der Waals surface area contributed by atoms with E-state index < -0.39 is 11.0 Å². The fourth-order valence-corrected chi connectivity index (χ4v) is 2.00. The molecule has 0 radical (unpaired) electrons. The van der Waals surface area contributed by atoms with Crippen LogP contribution in [0.2, 0.25) is 0 Å². The highest BCUT2D eigenvalue weighted by atomic mass is 32.1. The van der Waals surface area contributed by atoms with Gasteiger partial charge in [0.15, 0.2) is 0 Å². The summed E-state index contributed by atoms with van der Waals surface area (Å²) in [6.45, 7) is -0.284. The molecule has 2 rings (SSSR count). The molecular formula is C9H9NO4S. The maximum Gasteiger partial charge on any atom is 0.396 e. The summed E-state index contributed by atoms with van der Waals surface area (Å²) in [5.41, 5.74) is 6.31. The number of hydrogen-bond acceptors (Lipinski definition) is 6. The summed E-state index contributed by atoms with van der Waals surface area (Å²) < 4.78 is 5.43. The molecule has 1 aromatic carbocycles. The van der Waals surface area contributed by atoms with Crippen LogP contribution < -0.4 is 10.7 Å². The van der Waals surface area contributed by atoms with Gasteiger partial charge < -0.3 is 20.4 Å². The second-order valence-electron chi connectivity index (χ2n) is 3.10. The zero-order valence-electron chi connectivity index (χ0n) is 7.64. The van der Waals surface area contributed by atoms with Gasteiger partial charge in [-0.05, 0) is 6.07 Å². The van der Waals surface area contributed by atoms with Gasteiger partial charge in [0.05, 0.1) is 17.3 Å². The van der Waals surface area contributed by atoms with Gasteiger partial charge in [0.1, 0.15) is 11.3 Å². The smallest absolute Gasteiger partial charge is 0.396 e. The van der Waals surface area contributed by atoms with Crippen molar-refractivity contribution < 1.29 is 14.6 Å². The summed E-state index contributed by atoms with van der Waals surface area (Å²) in [4.78, 5) is 10.5. The van der Waals surface area contributed by atoms with Crippen LogP contribution in [0.3, 0.4) is 0 Å². The maximum atomic E-state index is 10.9. The van der Waals surface area contributed by atoms with Gasteiger partial charge in [-0.15, -0.1) is 0 Å². The number of rotatable bonds is 2. The minimum Gasteiger partial charge on any atom is -0.508 e. The van der Waals surface area contributed by atoms with Crippen LogP contribution in [0.25, 0.3) is 10.3 Å². The third-order valence-corrected chi connectivity index (χ3v) is 2.86. The van der Waals surface area contributed by atoms with E-state index in [0.717, 1.165) is 11.3 Å². The molecule has 15 heavy (non-hydrogen) atoms. The Balaban J connectivity index is 2.66. The number of phenols is 1. The summed E-state index contributed by atoms with van der Waals surface area (Å²) in [6.07, 6.45) is 0. The number of nitrogens with two attached hydrogens (primary N) is 1. The average molecular weight is 227 g/mol. The molecule has 1 atom stereocenters. The Morgan fingerprint density at radius 2 is 2.27 bits per heavy atom. The van der Waals surface area contributed by atoms with Crippen molar-refractivity contribution in [1.82, 2.24) is 0 Å². The molecule has 0 aliphatic rings. The molecule has 1 heterocycles. The molecule has 0 bridgehead atoms. The first-order valence-electron chi connectivity index (χ1n) is 4.25. The van der Waals surface area contributed by atoms with Crippen LogP contribution in [0, 0.1) is 0 Å². The molecule has 1 aromatic heterocycles. The fourth-order valence-electron chi connectivity index (χ4n) is 1.32. The highest BCUT2D eigenvalue weighted by Gasteiger charge is 2.13. The Hall–Kier alpha value is -1.37. The topological polar surface area (TPSA) is 96.7 Å². The zero-order chi connectivity index (χ0) is 11.0. The van der Waals surface area contributed by atoms with Gasteiger partial charge >= 0.3 is 4.94 Å². The van der Waals surface area contributed by atoms with Crippen molar-refractivity contribution in [2.75, 3.05) is 6.61 Å². The quantitative estimate of drug-likeness (QED) is 0.696. The Morgan fingerprint density at radius 3 is 2.93 bits per heavy atom.